The zero-order chi connectivity index (χ0) is 10.1. The summed E-state index contributed by atoms with van der Waals surface area (Å²) in [6.07, 6.45) is 0. The maximum Gasteiger partial charge on any atom is 0.376 e. The van der Waals surface area contributed by atoms with E-state index in [-0.39, 0.29) is 11.1 Å². The summed E-state index contributed by atoms with van der Waals surface area (Å²) < 4.78 is 0. The normalized spacial score (nSPS) is 10.4. The molecule has 0 N–H and O–H groups in total. The lowest BCUT2D eigenvalue weighted by molar-refractivity contribution is -0.387. The molecule has 0 amide bonds. The minimum atomic E-state index is -0.574. The second-order valence-electron chi connectivity index (χ2n) is 2.59. The van der Waals surface area contributed by atoms with Gasteiger partial charge in [0, 0.05) is 0 Å². The molecule has 2 rings (SSSR count). The number of para-hydroxylation sites is 1. The van der Waals surface area contributed by atoms with Gasteiger partial charge in [0.1, 0.15) is 0 Å². The van der Waals surface area contributed by atoms with Crippen LogP contribution in [0.5, 0.6) is 0 Å². The molecule has 0 radical (unpaired) electrons. The molecule has 0 bridgehead atoms. The van der Waals surface area contributed by atoms with Crippen LogP contribution in [0.1, 0.15) is 0 Å². The van der Waals surface area contributed by atoms with Crippen LogP contribution in [0.4, 0.5) is 5.82 Å². The number of nitrogens with zero attached hydrogens (tertiary/aromatic N) is 3. The quantitative estimate of drug-likeness (QED) is 0.410. The van der Waals surface area contributed by atoms with Crippen LogP contribution in [-0.2, 0) is 0 Å². The smallest absolute Gasteiger partial charge is 0.358 e. The SMILES string of the molecule is O=[N+]([O-])c1nc(Cl)nc2ccccc12. The molecule has 14 heavy (non-hydrogen) atoms. The Morgan fingerprint density at radius 1 is 1.29 bits per heavy atom. The molecule has 2 aromatic rings. The fourth-order valence-electron chi connectivity index (χ4n) is 1.17. The highest BCUT2D eigenvalue weighted by molar-refractivity contribution is 6.28. The van der Waals surface area contributed by atoms with Crippen molar-refractivity contribution in [2.24, 2.45) is 0 Å². The van der Waals surface area contributed by atoms with E-state index in [4.69, 9.17) is 11.6 Å². The molecule has 1 aromatic heterocycles. The molecule has 0 saturated carbocycles. The molecule has 0 atom stereocenters. The van der Waals surface area contributed by atoms with Crippen molar-refractivity contribution in [2.75, 3.05) is 0 Å². The van der Waals surface area contributed by atoms with Gasteiger partial charge in [0.25, 0.3) is 0 Å². The van der Waals surface area contributed by atoms with Gasteiger partial charge in [0.05, 0.1) is 10.9 Å². The molecule has 0 aliphatic carbocycles. The van der Waals surface area contributed by atoms with Gasteiger partial charge >= 0.3 is 11.1 Å². The summed E-state index contributed by atoms with van der Waals surface area (Å²) in [6.45, 7) is 0. The Kier molecular flexibility index (Phi) is 2.01. The zero-order valence-corrected chi connectivity index (χ0v) is 7.60. The standard InChI is InChI=1S/C8H4ClN3O2/c9-8-10-6-4-2-1-3-5(6)7(11-8)12(13)14/h1-4H. The lowest BCUT2D eigenvalue weighted by atomic mass is 10.2. The molecule has 0 aliphatic heterocycles. The van der Waals surface area contributed by atoms with Gasteiger partial charge < -0.3 is 10.1 Å². The first-order chi connectivity index (χ1) is 6.68. The van der Waals surface area contributed by atoms with Crippen molar-refractivity contribution in [1.82, 2.24) is 9.97 Å². The van der Waals surface area contributed by atoms with E-state index in [0.29, 0.717) is 10.9 Å². The monoisotopic (exact) mass is 209 g/mol. The van der Waals surface area contributed by atoms with Gasteiger partial charge in [-0.05, 0) is 33.6 Å². The first-order valence-corrected chi connectivity index (χ1v) is 4.13. The summed E-state index contributed by atoms with van der Waals surface area (Å²) in [5, 5.41) is 10.9. The van der Waals surface area contributed by atoms with Gasteiger partial charge in [0.2, 0.25) is 0 Å². The second kappa shape index (κ2) is 3.19. The molecule has 0 unspecified atom stereocenters. The van der Waals surface area contributed by atoms with Gasteiger partial charge in [-0.25, -0.2) is 0 Å². The van der Waals surface area contributed by atoms with Crippen molar-refractivity contribution >= 4 is 28.3 Å². The summed E-state index contributed by atoms with van der Waals surface area (Å²) in [5.74, 6) is -0.263. The third-order valence-corrected chi connectivity index (χ3v) is 1.90. The Morgan fingerprint density at radius 3 is 2.71 bits per heavy atom. The molecule has 1 aromatic carbocycles. The lowest BCUT2D eigenvalue weighted by Gasteiger charge is -1.97. The highest BCUT2D eigenvalue weighted by Gasteiger charge is 2.16. The van der Waals surface area contributed by atoms with Gasteiger partial charge in [-0.15, -0.1) is 0 Å². The van der Waals surface area contributed by atoms with E-state index in [1.54, 1.807) is 24.3 Å². The average Bonchev–Trinajstić information content (AvgIpc) is 2.16. The summed E-state index contributed by atoms with van der Waals surface area (Å²) >= 11 is 5.54. The second-order valence-corrected chi connectivity index (χ2v) is 2.93. The van der Waals surface area contributed by atoms with Crippen LogP contribution in [-0.4, -0.2) is 14.9 Å². The third-order valence-electron chi connectivity index (χ3n) is 1.73. The van der Waals surface area contributed by atoms with Crippen LogP contribution >= 0.6 is 11.6 Å². The Labute approximate surface area is 83.5 Å². The van der Waals surface area contributed by atoms with E-state index in [0.717, 1.165) is 0 Å². The molecule has 70 valence electrons. The molecule has 0 fully saturated rings. The van der Waals surface area contributed by atoms with E-state index >= 15 is 0 Å². The molecule has 1 heterocycles. The Bertz CT molecular complexity index is 515. The fraction of sp³-hybridized carbons (Fsp3) is 0. The maximum atomic E-state index is 10.6. The molecule has 0 saturated heterocycles. The number of benzene rings is 1. The highest BCUT2D eigenvalue weighted by atomic mass is 35.5. The van der Waals surface area contributed by atoms with E-state index in [1.807, 2.05) is 0 Å². The minimum Gasteiger partial charge on any atom is -0.358 e. The molecule has 0 spiro atoms. The number of fused-ring (bicyclic) bond motifs is 1. The minimum absolute atomic E-state index is 0.115. The van der Waals surface area contributed by atoms with Crippen molar-refractivity contribution in [2.45, 2.75) is 0 Å². The first kappa shape index (κ1) is 8.83. The molecule has 0 aliphatic rings. The van der Waals surface area contributed by atoms with E-state index in [9.17, 15) is 10.1 Å². The molecule has 5 nitrogen and oxygen atoms in total. The molecule has 6 heteroatoms. The predicted octanol–water partition coefficient (Wildman–Crippen LogP) is 2.19. The Balaban J connectivity index is 2.87. The number of nitro groups is 1. The summed E-state index contributed by atoms with van der Waals surface area (Å²) in [7, 11) is 0. The van der Waals surface area contributed by atoms with E-state index in [2.05, 4.69) is 9.97 Å². The maximum absolute atomic E-state index is 10.6. The Morgan fingerprint density at radius 2 is 2.00 bits per heavy atom. The average molecular weight is 210 g/mol. The number of hydrogen-bond donors (Lipinski definition) is 0. The topological polar surface area (TPSA) is 68.9 Å². The third kappa shape index (κ3) is 1.38. The summed E-state index contributed by atoms with van der Waals surface area (Å²) in [4.78, 5) is 17.5. The predicted molar refractivity (Wildman–Crippen MR) is 51.2 cm³/mol. The molecular formula is C8H4ClN3O2. The van der Waals surface area contributed by atoms with Gasteiger partial charge in [-0.3, -0.25) is 0 Å². The van der Waals surface area contributed by atoms with Crippen LogP contribution in [0, 0.1) is 10.1 Å². The van der Waals surface area contributed by atoms with Gasteiger partial charge in [0.15, 0.2) is 0 Å². The van der Waals surface area contributed by atoms with Crippen LogP contribution in [0.3, 0.4) is 0 Å². The van der Waals surface area contributed by atoms with Crippen molar-refractivity contribution in [3.05, 3.63) is 39.7 Å². The van der Waals surface area contributed by atoms with Crippen molar-refractivity contribution in [3.63, 3.8) is 0 Å². The number of rotatable bonds is 1. The first-order valence-electron chi connectivity index (χ1n) is 3.75. The zero-order valence-electron chi connectivity index (χ0n) is 6.85. The summed E-state index contributed by atoms with van der Waals surface area (Å²) in [5.41, 5.74) is 0.471. The number of hydrogen-bond acceptors (Lipinski definition) is 4. The van der Waals surface area contributed by atoms with Crippen LogP contribution in [0.15, 0.2) is 24.3 Å². The van der Waals surface area contributed by atoms with Crippen LogP contribution < -0.4 is 0 Å². The lowest BCUT2D eigenvalue weighted by Crippen LogP contribution is -1.95. The van der Waals surface area contributed by atoms with E-state index in [1.165, 1.54) is 0 Å². The number of halogens is 1. The fourth-order valence-corrected chi connectivity index (χ4v) is 1.34. The van der Waals surface area contributed by atoms with Crippen LogP contribution in [0.25, 0.3) is 10.9 Å². The van der Waals surface area contributed by atoms with Gasteiger partial charge in [-0.2, -0.15) is 4.98 Å². The summed E-state index contributed by atoms with van der Waals surface area (Å²) in [6, 6.07) is 6.65. The number of aromatic nitrogens is 2. The van der Waals surface area contributed by atoms with Crippen molar-refractivity contribution in [3.8, 4) is 0 Å². The van der Waals surface area contributed by atoms with E-state index < -0.39 is 4.92 Å². The largest absolute Gasteiger partial charge is 0.376 e. The Hall–Kier alpha value is -1.75. The van der Waals surface area contributed by atoms with Gasteiger partial charge in [-0.1, -0.05) is 12.1 Å². The van der Waals surface area contributed by atoms with Crippen molar-refractivity contribution < 1.29 is 4.92 Å². The van der Waals surface area contributed by atoms with Crippen molar-refractivity contribution in [1.29, 1.82) is 0 Å². The highest BCUT2D eigenvalue weighted by Crippen LogP contribution is 2.22. The molecular weight excluding hydrogens is 206 g/mol. The van der Waals surface area contributed by atoms with Crippen LogP contribution in [0.2, 0.25) is 5.28 Å².